The molecule has 6 heterocycles. The van der Waals surface area contributed by atoms with Crippen LogP contribution in [0.2, 0.25) is 0 Å². The maximum atomic E-state index is 13.6. The number of anilines is 1. The molecule has 1 unspecified atom stereocenters. The van der Waals surface area contributed by atoms with Crippen LogP contribution in [-0.2, 0) is 12.8 Å². The Morgan fingerprint density at radius 3 is 2.60 bits per heavy atom. The summed E-state index contributed by atoms with van der Waals surface area (Å²) in [5.74, 6) is 2.58. The molecule has 9 nitrogen and oxygen atoms in total. The Kier molecular flexibility index (Phi) is 8.53. The zero-order chi connectivity index (χ0) is 32.8. The molecule has 0 radical (unpaired) electrons. The van der Waals surface area contributed by atoms with Crippen LogP contribution >= 0.6 is 0 Å². The highest BCUT2D eigenvalue weighted by atomic mass is 16.2. The van der Waals surface area contributed by atoms with E-state index in [-0.39, 0.29) is 5.91 Å². The van der Waals surface area contributed by atoms with Gasteiger partial charge in [-0.3, -0.25) is 14.8 Å². The van der Waals surface area contributed by atoms with Crippen molar-refractivity contribution < 1.29 is 4.79 Å². The van der Waals surface area contributed by atoms with Crippen molar-refractivity contribution in [1.82, 2.24) is 35.3 Å². The monoisotopic (exact) mass is 648 g/mol. The van der Waals surface area contributed by atoms with Gasteiger partial charge in [0, 0.05) is 85.8 Å². The van der Waals surface area contributed by atoms with Gasteiger partial charge in [-0.25, -0.2) is 4.98 Å². The van der Waals surface area contributed by atoms with E-state index in [4.69, 9.17) is 10.1 Å². The van der Waals surface area contributed by atoms with Crippen molar-refractivity contribution in [3.63, 3.8) is 0 Å². The van der Waals surface area contributed by atoms with E-state index in [2.05, 4.69) is 70.2 Å². The van der Waals surface area contributed by atoms with E-state index in [0.29, 0.717) is 17.3 Å². The molecule has 0 spiro atoms. The van der Waals surface area contributed by atoms with Gasteiger partial charge in [0.1, 0.15) is 11.5 Å². The molecule has 1 aromatic carbocycles. The lowest BCUT2D eigenvalue weighted by atomic mass is 9.76. The number of hydrogen-bond acceptors (Lipinski definition) is 6. The third-order valence-corrected chi connectivity index (χ3v) is 11.7. The molecule has 1 amide bonds. The number of benzene rings is 1. The van der Waals surface area contributed by atoms with Gasteiger partial charge in [-0.1, -0.05) is 26.0 Å². The van der Waals surface area contributed by atoms with E-state index in [1.165, 1.54) is 54.6 Å². The molecule has 48 heavy (non-hydrogen) atoms. The molecule has 0 bridgehead atoms. The van der Waals surface area contributed by atoms with Gasteiger partial charge in [0.2, 0.25) is 0 Å². The smallest absolute Gasteiger partial charge is 0.254 e. The molecule has 9 heteroatoms. The number of aromatic amines is 2. The standard InChI is InChI=1S/C39H52N8O/c1-26-31(30-5-4-14-40-24-30)8-9-36(41-26)46-15-11-27(12-16-46)25-45-17-19-47(20-18-45)38(48)29-7-6-28-21-34(42-33(28)22-29)37-32-10-13-39(2,3)23-35(32)43-44-37/h6-9,21-22,27,30,40,42H,4-5,10-20,23-25H2,1-3H3,(H,43,44). The molecule has 0 saturated carbocycles. The number of aromatic nitrogens is 4. The number of carbonyl (C=O) groups is 1. The van der Waals surface area contributed by atoms with Crippen LogP contribution in [-0.4, -0.2) is 94.8 Å². The highest BCUT2D eigenvalue weighted by Crippen LogP contribution is 2.38. The summed E-state index contributed by atoms with van der Waals surface area (Å²) in [6.07, 6.45) is 8.16. The van der Waals surface area contributed by atoms with Gasteiger partial charge in [-0.2, -0.15) is 5.10 Å². The molecule has 8 rings (SSSR count). The minimum absolute atomic E-state index is 0.133. The first-order chi connectivity index (χ1) is 23.3. The highest BCUT2D eigenvalue weighted by Gasteiger charge is 2.30. The van der Waals surface area contributed by atoms with E-state index in [1.807, 2.05) is 17.0 Å². The minimum atomic E-state index is 0.133. The molecule has 3 N–H and O–H groups in total. The van der Waals surface area contributed by atoms with Crippen LogP contribution in [0.4, 0.5) is 5.82 Å². The molecule has 4 aliphatic rings. The maximum Gasteiger partial charge on any atom is 0.254 e. The largest absolute Gasteiger partial charge is 0.357 e. The molecule has 254 valence electrons. The fraction of sp³-hybridized carbons (Fsp3) is 0.564. The minimum Gasteiger partial charge on any atom is -0.357 e. The van der Waals surface area contributed by atoms with Crippen LogP contribution in [0, 0.1) is 18.3 Å². The Morgan fingerprint density at radius 1 is 1.00 bits per heavy atom. The molecule has 3 aromatic heterocycles. The number of nitrogens with zero attached hydrogens (tertiary/aromatic N) is 5. The Hall–Kier alpha value is -3.69. The van der Waals surface area contributed by atoms with Crippen LogP contribution in [0.25, 0.3) is 22.3 Å². The zero-order valence-corrected chi connectivity index (χ0v) is 29.1. The van der Waals surface area contributed by atoms with E-state index in [9.17, 15) is 4.79 Å². The first-order valence-electron chi connectivity index (χ1n) is 18.4. The number of piperidine rings is 2. The van der Waals surface area contributed by atoms with Crippen LogP contribution in [0.3, 0.4) is 0 Å². The van der Waals surface area contributed by atoms with Gasteiger partial charge < -0.3 is 20.1 Å². The third kappa shape index (κ3) is 6.39. The Morgan fingerprint density at radius 2 is 1.83 bits per heavy atom. The number of hydrogen-bond donors (Lipinski definition) is 3. The van der Waals surface area contributed by atoms with Gasteiger partial charge in [0.15, 0.2) is 0 Å². The van der Waals surface area contributed by atoms with Gasteiger partial charge in [0.05, 0.1) is 5.69 Å². The van der Waals surface area contributed by atoms with Crippen molar-refractivity contribution in [1.29, 1.82) is 0 Å². The number of H-pyrrole nitrogens is 2. The van der Waals surface area contributed by atoms with Gasteiger partial charge >= 0.3 is 0 Å². The van der Waals surface area contributed by atoms with Gasteiger partial charge in [-0.05, 0) is 105 Å². The Balaban J connectivity index is 0.830. The molecular formula is C39H52N8O. The van der Waals surface area contributed by atoms with Crippen LogP contribution in [0.1, 0.15) is 84.7 Å². The number of nitrogens with one attached hydrogen (secondary N) is 3. The number of rotatable bonds is 6. The second-order valence-electron chi connectivity index (χ2n) is 15.8. The Labute approximate surface area is 284 Å². The summed E-state index contributed by atoms with van der Waals surface area (Å²) in [5, 5.41) is 12.7. The number of amides is 1. The molecule has 3 saturated heterocycles. The van der Waals surface area contributed by atoms with Crippen molar-refractivity contribution in [3.8, 4) is 11.4 Å². The van der Waals surface area contributed by atoms with Crippen LogP contribution in [0.5, 0.6) is 0 Å². The lowest BCUT2D eigenvalue weighted by Gasteiger charge is -2.39. The van der Waals surface area contributed by atoms with E-state index >= 15 is 0 Å². The molecule has 3 aliphatic heterocycles. The summed E-state index contributed by atoms with van der Waals surface area (Å²) in [4.78, 5) is 29.3. The predicted molar refractivity (Wildman–Crippen MR) is 193 cm³/mol. The maximum absolute atomic E-state index is 13.6. The second kappa shape index (κ2) is 13.0. The van der Waals surface area contributed by atoms with Gasteiger partial charge in [0.25, 0.3) is 5.91 Å². The summed E-state index contributed by atoms with van der Waals surface area (Å²) >= 11 is 0. The van der Waals surface area contributed by atoms with E-state index < -0.39 is 0 Å². The predicted octanol–water partition coefficient (Wildman–Crippen LogP) is 5.92. The van der Waals surface area contributed by atoms with Crippen molar-refractivity contribution in [2.24, 2.45) is 11.3 Å². The average molecular weight is 649 g/mol. The van der Waals surface area contributed by atoms with Crippen LogP contribution in [0.15, 0.2) is 36.4 Å². The summed E-state index contributed by atoms with van der Waals surface area (Å²) in [5.41, 5.74) is 9.35. The van der Waals surface area contributed by atoms with E-state index in [0.717, 1.165) is 105 Å². The molecule has 1 aliphatic carbocycles. The van der Waals surface area contributed by atoms with Gasteiger partial charge in [-0.15, -0.1) is 0 Å². The summed E-state index contributed by atoms with van der Waals surface area (Å²) in [6, 6.07) is 12.9. The lowest BCUT2D eigenvalue weighted by Crippen LogP contribution is -2.50. The first kappa shape index (κ1) is 31.6. The number of fused-ring (bicyclic) bond motifs is 2. The number of carbonyl (C=O) groups excluding carboxylic acids is 1. The molecule has 3 fully saturated rings. The van der Waals surface area contributed by atoms with Crippen molar-refractivity contribution in [3.05, 3.63) is 64.5 Å². The molecule has 4 aromatic rings. The first-order valence-corrected chi connectivity index (χ1v) is 18.4. The van der Waals surface area contributed by atoms with Crippen molar-refractivity contribution in [2.75, 3.05) is 63.8 Å². The zero-order valence-electron chi connectivity index (χ0n) is 29.1. The number of aryl methyl sites for hydroxylation is 1. The normalized spacial score (nSPS) is 22.3. The second-order valence-corrected chi connectivity index (χ2v) is 15.8. The van der Waals surface area contributed by atoms with Crippen molar-refractivity contribution >= 4 is 22.6 Å². The number of pyridine rings is 1. The van der Waals surface area contributed by atoms with Crippen LogP contribution < -0.4 is 10.2 Å². The molecular weight excluding hydrogens is 596 g/mol. The fourth-order valence-electron chi connectivity index (χ4n) is 8.77. The van der Waals surface area contributed by atoms with E-state index in [1.54, 1.807) is 0 Å². The fourth-order valence-corrected chi connectivity index (χ4v) is 8.77. The Bertz CT molecular complexity index is 1770. The number of piperazine rings is 1. The summed E-state index contributed by atoms with van der Waals surface area (Å²) in [6.45, 7) is 15.8. The topological polar surface area (TPSA) is 96.2 Å². The summed E-state index contributed by atoms with van der Waals surface area (Å²) < 4.78 is 0. The van der Waals surface area contributed by atoms with Crippen molar-refractivity contribution in [2.45, 2.75) is 71.6 Å². The third-order valence-electron chi connectivity index (χ3n) is 11.7. The SMILES string of the molecule is Cc1nc(N2CCC(CN3CCN(C(=O)c4ccc5cc(-c6n[nH]c7c6CCC(C)(C)C7)[nH]c5c4)CC3)CC2)ccc1C1CCCNC1. The quantitative estimate of drug-likeness (QED) is 0.240. The highest BCUT2D eigenvalue weighted by molar-refractivity contribution is 5.99. The molecule has 1 atom stereocenters. The lowest BCUT2D eigenvalue weighted by molar-refractivity contribution is 0.0610. The summed E-state index contributed by atoms with van der Waals surface area (Å²) in [7, 11) is 0. The average Bonchev–Trinajstić information content (AvgIpc) is 3.72.